The Hall–Kier alpha value is -0.120. The van der Waals surface area contributed by atoms with Crippen LogP contribution in [0.3, 0.4) is 0 Å². The van der Waals surface area contributed by atoms with E-state index in [1.165, 1.54) is 51.9 Å². The minimum Gasteiger partial charge on any atom is -0.302 e. The zero-order valence-electron chi connectivity index (χ0n) is 9.78. The summed E-state index contributed by atoms with van der Waals surface area (Å²) in [7, 11) is 0. The summed E-state index contributed by atoms with van der Waals surface area (Å²) >= 11 is 0. The third-order valence-corrected chi connectivity index (χ3v) is 4.20. The lowest BCUT2D eigenvalue weighted by atomic mass is 10.1. The van der Waals surface area contributed by atoms with Gasteiger partial charge in [-0.1, -0.05) is 0 Å². The molecular formula is C12H23N3. The van der Waals surface area contributed by atoms with Crippen molar-refractivity contribution in [2.24, 2.45) is 0 Å². The average Bonchev–Trinajstić information content (AvgIpc) is 2.93. The SMILES string of the molecule is CC1CN(C2CCCN2)CCN1C1CC1. The number of piperazine rings is 1. The van der Waals surface area contributed by atoms with E-state index in [-0.39, 0.29) is 0 Å². The molecule has 15 heavy (non-hydrogen) atoms. The first-order valence-electron chi connectivity index (χ1n) is 6.58. The highest BCUT2D eigenvalue weighted by molar-refractivity contribution is 4.92. The third kappa shape index (κ3) is 2.05. The lowest BCUT2D eigenvalue weighted by Gasteiger charge is -2.42. The summed E-state index contributed by atoms with van der Waals surface area (Å²) in [6.45, 7) is 7.47. The van der Waals surface area contributed by atoms with Crippen LogP contribution in [0.1, 0.15) is 32.6 Å². The quantitative estimate of drug-likeness (QED) is 0.728. The van der Waals surface area contributed by atoms with Crippen LogP contribution in [0.5, 0.6) is 0 Å². The minimum atomic E-state index is 0.689. The Morgan fingerprint density at radius 1 is 1.13 bits per heavy atom. The Morgan fingerprint density at radius 2 is 2.00 bits per heavy atom. The van der Waals surface area contributed by atoms with Crippen LogP contribution in [0.25, 0.3) is 0 Å². The summed E-state index contributed by atoms with van der Waals surface area (Å²) < 4.78 is 0. The van der Waals surface area contributed by atoms with Gasteiger partial charge in [-0.3, -0.25) is 9.80 Å². The first-order chi connectivity index (χ1) is 7.34. The van der Waals surface area contributed by atoms with Gasteiger partial charge in [0.1, 0.15) is 0 Å². The fourth-order valence-electron chi connectivity index (χ4n) is 3.21. The van der Waals surface area contributed by atoms with Gasteiger partial charge in [0.25, 0.3) is 0 Å². The maximum Gasteiger partial charge on any atom is 0.0598 e. The Morgan fingerprint density at radius 3 is 2.60 bits per heavy atom. The van der Waals surface area contributed by atoms with Gasteiger partial charge in [-0.05, 0) is 39.2 Å². The van der Waals surface area contributed by atoms with Gasteiger partial charge in [-0.25, -0.2) is 0 Å². The van der Waals surface area contributed by atoms with Gasteiger partial charge in [-0.2, -0.15) is 0 Å². The zero-order valence-corrected chi connectivity index (χ0v) is 9.78. The molecule has 0 aromatic heterocycles. The molecule has 86 valence electrons. The van der Waals surface area contributed by atoms with E-state index in [0.717, 1.165) is 12.1 Å². The lowest BCUT2D eigenvalue weighted by Crippen LogP contribution is -2.57. The van der Waals surface area contributed by atoms with Gasteiger partial charge in [0.15, 0.2) is 0 Å². The zero-order chi connectivity index (χ0) is 10.3. The predicted octanol–water partition coefficient (Wildman–Crippen LogP) is 0.864. The number of hydrogen-bond donors (Lipinski definition) is 1. The second-order valence-corrected chi connectivity index (χ2v) is 5.43. The van der Waals surface area contributed by atoms with E-state index >= 15 is 0 Å². The molecular weight excluding hydrogens is 186 g/mol. The third-order valence-electron chi connectivity index (χ3n) is 4.20. The Bertz CT molecular complexity index is 221. The number of nitrogens with zero attached hydrogens (tertiary/aromatic N) is 2. The van der Waals surface area contributed by atoms with Crippen LogP contribution in [-0.4, -0.2) is 54.2 Å². The molecule has 2 unspecified atom stereocenters. The molecule has 3 aliphatic rings. The maximum absolute atomic E-state index is 3.61. The van der Waals surface area contributed by atoms with Crippen LogP contribution in [-0.2, 0) is 0 Å². The van der Waals surface area contributed by atoms with E-state index in [2.05, 4.69) is 22.0 Å². The smallest absolute Gasteiger partial charge is 0.0598 e. The molecule has 1 saturated carbocycles. The van der Waals surface area contributed by atoms with Crippen molar-refractivity contribution in [3.05, 3.63) is 0 Å². The second-order valence-electron chi connectivity index (χ2n) is 5.43. The summed E-state index contributed by atoms with van der Waals surface area (Å²) in [6, 6.07) is 1.72. The largest absolute Gasteiger partial charge is 0.302 e. The summed E-state index contributed by atoms with van der Waals surface area (Å²) in [4.78, 5) is 5.39. The highest BCUT2D eigenvalue weighted by Crippen LogP contribution is 2.30. The molecule has 3 rings (SSSR count). The monoisotopic (exact) mass is 209 g/mol. The topological polar surface area (TPSA) is 18.5 Å². The molecule has 2 saturated heterocycles. The molecule has 0 spiro atoms. The summed E-state index contributed by atoms with van der Waals surface area (Å²) in [5.74, 6) is 0. The van der Waals surface area contributed by atoms with E-state index in [1.807, 2.05) is 0 Å². The van der Waals surface area contributed by atoms with Gasteiger partial charge in [0.2, 0.25) is 0 Å². The van der Waals surface area contributed by atoms with Crippen molar-refractivity contribution >= 4 is 0 Å². The molecule has 0 amide bonds. The molecule has 3 fully saturated rings. The number of rotatable bonds is 2. The van der Waals surface area contributed by atoms with Crippen molar-refractivity contribution < 1.29 is 0 Å². The Labute approximate surface area is 92.8 Å². The highest BCUT2D eigenvalue weighted by Gasteiger charge is 2.37. The van der Waals surface area contributed by atoms with Crippen molar-refractivity contribution in [2.75, 3.05) is 26.2 Å². The van der Waals surface area contributed by atoms with Crippen LogP contribution in [0.15, 0.2) is 0 Å². The standard InChI is InChI=1S/C12H23N3/c1-10-9-14(12-3-2-6-13-12)7-8-15(10)11-4-5-11/h10-13H,2-9H2,1H3. The van der Waals surface area contributed by atoms with Crippen LogP contribution < -0.4 is 5.32 Å². The minimum absolute atomic E-state index is 0.689. The molecule has 0 bridgehead atoms. The van der Waals surface area contributed by atoms with E-state index in [0.29, 0.717) is 6.17 Å². The fourth-order valence-corrected chi connectivity index (χ4v) is 3.21. The summed E-state index contributed by atoms with van der Waals surface area (Å²) in [5.41, 5.74) is 0. The number of nitrogens with one attached hydrogen (secondary N) is 1. The molecule has 2 atom stereocenters. The molecule has 0 aromatic carbocycles. The van der Waals surface area contributed by atoms with E-state index < -0.39 is 0 Å². The lowest BCUT2D eigenvalue weighted by molar-refractivity contribution is 0.0458. The van der Waals surface area contributed by atoms with E-state index in [4.69, 9.17) is 0 Å². The van der Waals surface area contributed by atoms with Gasteiger partial charge in [0, 0.05) is 31.7 Å². The molecule has 1 N–H and O–H groups in total. The van der Waals surface area contributed by atoms with Gasteiger partial charge in [0.05, 0.1) is 6.17 Å². The number of hydrogen-bond acceptors (Lipinski definition) is 3. The van der Waals surface area contributed by atoms with Crippen molar-refractivity contribution in [1.29, 1.82) is 0 Å². The van der Waals surface area contributed by atoms with Gasteiger partial charge >= 0.3 is 0 Å². The summed E-state index contributed by atoms with van der Waals surface area (Å²) in [5, 5.41) is 3.61. The molecule has 0 radical (unpaired) electrons. The molecule has 3 heteroatoms. The molecule has 2 heterocycles. The van der Waals surface area contributed by atoms with Crippen LogP contribution in [0.4, 0.5) is 0 Å². The predicted molar refractivity (Wildman–Crippen MR) is 61.8 cm³/mol. The molecule has 1 aliphatic carbocycles. The van der Waals surface area contributed by atoms with E-state index in [9.17, 15) is 0 Å². The van der Waals surface area contributed by atoms with Gasteiger partial charge in [-0.15, -0.1) is 0 Å². The van der Waals surface area contributed by atoms with Crippen molar-refractivity contribution in [1.82, 2.24) is 15.1 Å². The highest BCUT2D eigenvalue weighted by atomic mass is 15.4. The average molecular weight is 209 g/mol. The second kappa shape index (κ2) is 4.04. The van der Waals surface area contributed by atoms with Crippen molar-refractivity contribution in [3.8, 4) is 0 Å². The Kier molecular flexibility index (Phi) is 2.71. The molecule has 3 nitrogen and oxygen atoms in total. The normalized spacial score (nSPS) is 39.8. The van der Waals surface area contributed by atoms with Crippen LogP contribution in [0.2, 0.25) is 0 Å². The van der Waals surface area contributed by atoms with E-state index in [1.54, 1.807) is 0 Å². The molecule has 2 aliphatic heterocycles. The summed E-state index contributed by atoms with van der Waals surface area (Å²) in [6.07, 6.45) is 6.31. The fraction of sp³-hybridized carbons (Fsp3) is 1.00. The maximum atomic E-state index is 3.61. The first kappa shape index (κ1) is 10.1. The van der Waals surface area contributed by atoms with Crippen molar-refractivity contribution in [2.45, 2.75) is 50.9 Å². The van der Waals surface area contributed by atoms with Crippen LogP contribution in [0, 0.1) is 0 Å². The van der Waals surface area contributed by atoms with Crippen LogP contribution >= 0.6 is 0 Å². The van der Waals surface area contributed by atoms with Crippen molar-refractivity contribution in [3.63, 3.8) is 0 Å². The first-order valence-corrected chi connectivity index (χ1v) is 6.58. The Balaban J connectivity index is 1.56. The van der Waals surface area contributed by atoms with Gasteiger partial charge < -0.3 is 5.32 Å². The molecule has 0 aromatic rings.